The summed E-state index contributed by atoms with van der Waals surface area (Å²) >= 11 is 0. The lowest BCUT2D eigenvalue weighted by molar-refractivity contribution is 0.0481. The average molecular weight is 432 g/mol. The van der Waals surface area contributed by atoms with Crippen molar-refractivity contribution in [2.45, 2.75) is 63.5 Å². The molecule has 2 aliphatic rings. The molecule has 1 heterocycles. The topological polar surface area (TPSA) is 63.2 Å². The van der Waals surface area contributed by atoms with Crippen LogP contribution >= 0.6 is 0 Å². The van der Waals surface area contributed by atoms with E-state index in [0.717, 1.165) is 50.0 Å². The number of rotatable bonds is 6. The maximum absolute atomic E-state index is 13.3. The van der Waals surface area contributed by atoms with Crippen molar-refractivity contribution < 1.29 is 18.7 Å². The van der Waals surface area contributed by atoms with Crippen LogP contribution in [-0.4, -0.2) is 55.3 Å². The van der Waals surface area contributed by atoms with Crippen LogP contribution < -0.4 is 5.32 Å². The Hall–Kier alpha value is -2.41. The van der Waals surface area contributed by atoms with E-state index < -0.39 is 5.60 Å². The number of allylic oxidation sites excluding steroid dienone is 1. The summed E-state index contributed by atoms with van der Waals surface area (Å²) < 4.78 is 24.2. The molecule has 7 heteroatoms. The fourth-order valence-electron chi connectivity index (χ4n) is 3.94. The number of alkyl carbamates (subject to hydrolysis) is 1. The van der Waals surface area contributed by atoms with Gasteiger partial charge in [0, 0.05) is 30.2 Å². The van der Waals surface area contributed by atoms with Crippen molar-refractivity contribution in [2.75, 3.05) is 26.7 Å². The normalized spacial score (nSPS) is 19.6. The summed E-state index contributed by atoms with van der Waals surface area (Å²) in [5, 5.41) is 2.96. The van der Waals surface area contributed by atoms with Gasteiger partial charge in [-0.2, -0.15) is 0 Å². The van der Waals surface area contributed by atoms with E-state index in [2.05, 4.69) is 16.8 Å². The van der Waals surface area contributed by atoms with Crippen LogP contribution in [0.5, 0.6) is 0 Å². The molecular formula is C24H34FN3O3. The number of carbonyl (C=O) groups is 1. The van der Waals surface area contributed by atoms with Crippen molar-refractivity contribution in [1.29, 1.82) is 0 Å². The van der Waals surface area contributed by atoms with Gasteiger partial charge < -0.3 is 14.8 Å². The van der Waals surface area contributed by atoms with Crippen molar-refractivity contribution in [3.05, 3.63) is 47.9 Å². The minimum absolute atomic E-state index is 0.109. The average Bonchev–Trinajstić information content (AvgIpc) is 3.50. The van der Waals surface area contributed by atoms with Gasteiger partial charge in [0.2, 0.25) is 5.90 Å². The molecule has 1 amide bonds. The molecule has 1 saturated carbocycles. The van der Waals surface area contributed by atoms with E-state index in [9.17, 15) is 9.18 Å². The zero-order valence-electron chi connectivity index (χ0n) is 19.0. The number of ether oxygens (including phenoxy) is 2. The molecule has 3 rings (SSSR count). The molecule has 0 atom stereocenters. The number of hydrogen-bond acceptors (Lipinski definition) is 5. The van der Waals surface area contributed by atoms with Gasteiger partial charge in [-0.15, -0.1) is 0 Å². The number of likely N-dealkylation sites (tertiary alicyclic amines) is 1. The Bertz CT molecular complexity index is 817. The Balaban J connectivity index is 1.52. The number of carbonyl (C=O) groups excluding carboxylic acids is 1. The van der Waals surface area contributed by atoms with Gasteiger partial charge in [0.1, 0.15) is 11.4 Å². The zero-order chi connectivity index (χ0) is 22.6. The Morgan fingerprint density at radius 3 is 2.39 bits per heavy atom. The third-order valence-electron chi connectivity index (χ3n) is 5.86. The van der Waals surface area contributed by atoms with Gasteiger partial charge in [-0.1, -0.05) is 18.7 Å². The van der Waals surface area contributed by atoms with Gasteiger partial charge in [-0.05, 0) is 64.2 Å². The van der Waals surface area contributed by atoms with Crippen LogP contribution in [0.2, 0.25) is 0 Å². The first-order valence-electron chi connectivity index (χ1n) is 10.9. The van der Waals surface area contributed by atoms with Gasteiger partial charge in [0.15, 0.2) is 0 Å². The van der Waals surface area contributed by atoms with Crippen LogP contribution in [0.1, 0.15) is 52.0 Å². The molecule has 1 saturated heterocycles. The summed E-state index contributed by atoms with van der Waals surface area (Å²) in [5.41, 5.74) is 1.11. The van der Waals surface area contributed by atoms with Crippen molar-refractivity contribution in [3.63, 3.8) is 0 Å². The fraction of sp³-hybridized carbons (Fsp3) is 0.583. The molecule has 0 spiro atoms. The highest BCUT2D eigenvalue weighted by atomic mass is 19.1. The number of halogens is 1. The van der Waals surface area contributed by atoms with Crippen molar-refractivity contribution in [3.8, 4) is 0 Å². The van der Waals surface area contributed by atoms with Gasteiger partial charge in [-0.3, -0.25) is 4.90 Å². The number of aliphatic imine (C=N–C) groups is 1. The number of nitrogens with one attached hydrogen (secondary N) is 1. The van der Waals surface area contributed by atoms with E-state index in [0.29, 0.717) is 12.4 Å². The highest BCUT2D eigenvalue weighted by Crippen LogP contribution is 2.53. The van der Waals surface area contributed by atoms with Crippen LogP contribution in [0, 0.1) is 5.82 Å². The van der Waals surface area contributed by atoms with Crippen LogP contribution in [0.25, 0.3) is 0 Å². The minimum atomic E-state index is -0.496. The van der Waals surface area contributed by atoms with Crippen molar-refractivity contribution >= 4 is 12.0 Å². The van der Waals surface area contributed by atoms with E-state index in [-0.39, 0.29) is 23.4 Å². The molecule has 1 aliphatic carbocycles. The molecular weight excluding hydrogens is 397 g/mol. The molecule has 1 N–H and O–H groups in total. The Kier molecular flexibility index (Phi) is 7.04. The smallest absolute Gasteiger partial charge is 0.407 e. The molecule has 0 radical (unpaired) electrons. The second kappa shape index (κ2) is 9.39. The molecule has 6 nitrogen and oxygen atoms in total. The Morgan fingerprint density at radius 1 is 1.26 bits per heavy atom. The molecule has 1 aromatic carbocycles. The van der Waals surface area contributed by atoms with Crippen molar-refractivity contribution in [2.24, 2.45) is 4.99 Å². The molecule has 31 heavy (non-hydrogen) atoms. The SMILES string of the molecule is C=C(/N=C(/CN1CCC(NC(=O)OC(C)(C)C)CC1)OC)C1(c2ccc(F)cc2)CC1. The third kappa shape index (κ3) is 6.29. The first-order valence-corrected chi connectivity index (χ1v) is 10.9. The number of amides is 1. The van der Waals surface area contributed by atoms with Crippen LogP contribution in [0.15, 0.2) is 41.5 Å². The van der Waals surface area contributed by atoms with Gasteiger partial charge in [-0.25, -0.2) is 14.2 Å². The fourth-order valence-corrected chi connectivity index (χ4v) is 3.94. The van der Waals surface area contributed by atoms with E-state index in [1.165, 1.54) is 12.1 Å². The summed E-state index contributed by atoms with van der Waals surface area (Å²) in [5.74, 6) is 0.382. The monoisotopic (exact) mass is 431 g/mol. The van der Waals surface area contributed by atoms with Gasteiger partial charge >= 0.3 is 6.09 Å². The molecule has 0 unspecified atom stereocenters. The predicted molar refractivity (Wildman–Crippen MR) is 120 cm³/mol. The Labute approximate surface area is 184 Å². The molecule has 0 aromatic heterocycles. The number of nitrogens with zero attached hydrogens (tertiary/aromatic N) is 2. The first-order chi connectivity index (χ1) is 14.6. The lowest BCUT2D eigenvalue weighted by Crippen LogP contribution is -2.47. The maximum atomic E-state index is 13.3. The van der Waals surface area contributed by atoms with Crippen molar-refractivity contribution in [1.82, 2.24) is 10.2 Å². The van der Waals surface area contributed by atoms with E-state index in [1.54, 1.807) is 7.11 Å². The minimum Gasteiger partial charge on any atom is -0.483 e. The molecule has 1 aliphatic heterocycles. The number of methoxy groups -OCH3 is 1. The summed E-state index contributed by atoms with van der Waals surface area (Å²) in [4.78, 5) is 18.9. The highest BCUT2D eigenvalue weighted by molar-refractivity contribution is 5.79. The second-order valence-electron chi connectivity index (χ2n) is 9.44. The van der Waals surface area contributed by atoms with Crippen LogP contribution in [0.3, 0.4) is 0 Å². The number of hydrogen-bond donors (Lipinski definition) is 1. The van der Waals surface area contributed by atoms with Gasteiger partial charge in [0.05, 0.1) is 13.7 Å². The summed E-state index contributed by atoms with van der Waals surface area (Å²) in [6.45, 7) is 12.0. The largest absolute Gasteiger partial charge is 0.483 e. The Morgan fingerprint density at radius 2 is 1.87 bits per heavy atom. The quantitative estimate of drug-likeness (QED) is 0.536. The van der Waals surface area contributed by atoms with Crippen LogP contribution in [-0.2, 0) is 14.9 Å². The highest BCUT2D eigenvalue weighted by Gasteiger charge is 2.47. The van der Waals surface area contributed by atoms with E-state index in [4.69, 9.17) is 14.5 Å². The van der Waals surface area contributed by atoms with Gasteiger partial charge in [0.25, 0.3) is 0 Å². The summed E-state index contributed by atoms with van der Waals surface area (Å²) in [7, 11) is 1.63. The molecule has 0 bridgehead atoms. The number of piperidine rings is 1. The summed E-state index contributed by atoms with van der Waals surface area (Å²) in [6, 6.07) is 6.71. The molecule has 2 fully saturated rings. The maximum Gasteiger partial charge on any atom is 0.407 e. The molecule has 170 valence electrons. The van der Waals surface area contributed by atoms with Crippen LogP contribution in [0.4, 0.5) is 9.18 Å². The lowest BCUT2D eigenvalue weighted by atomic mass is 9.93. The third-order valence-corrected chi connectivity index (χ3v) is 5.86. The standard InChI is InChI=1S/C24H34FN3O3/c1-17(24(12-13-24)18-6-8-19(25)9-7-18)26-21(30-5)16-28-14-10-20(11-15-28)27-22(29)31-23(2,3)4/h6-9,20H,1,10-16H2,2-5H3,(H,27,29)/b26-21-. The second-order valence-corrected chi connectivity index (χ2v) is 9.44. The molecule has 1 aromatic rings. The van der Waals surface area contributed by atoms with E-state index >= 15 is 0 Å². The lowest BCUT2D eigenvalue weighted by Gasteiger charge is -2.32. The summed E-state index contributed by atoms with van der Waals surface area (Å²) in [6.07, 6.45) is 3.24. The predicted octanol–water partition coefficient (Wildman–Crippen LogP) is 4.41. The number of benzene rings is 1. The zero-order valence-corrected chi connectivity index (χ0v) is 19.0. The first kappa shape index (κ1) is 23.3. The van der Waals surface area contributed by atoms with E-state index in [1.807, 2.05) is 32.9 Å².